The fourth-order valence-electron chi connectivity index (χ4n) is 9.71. The maximum atomic E-state index is 12.9. The van der Waals surface area contributed by atoms with Gasteiger partial charge in [0.15, 0.2) is 0 Å². The molecule has 3 aromatic heterocycles. The first kappa shape index (κ1) is 56.2. The summed E-state index contributed by atoms with van der Waals surface area (Å²) in [4.78, 5) is 34.6. The van der Waals surface area contributed by atoms with Crippen LogP contribution >= 0.6 is 43.6 Å². The van der Waals surface area contributed by atoms with Gasteiger partial charge in [0.2, 0.25) is 0 Å². The Morgan fingerprint density at radius 2 is 0.938 bits per heavy atom. The molecule has 0 spiro atoms. The van der Waals surface area contributed by atoms with Crippen molar-refractivity contribution in [1.82, 2.24) is 8.75 Å². The van der Waals surface area contributed by atoms with Crippen LogP contribution in [0.1, 0.15) is 76.1 Å². The van der Waals surface area contributed by atoms with Gasteiger partial charge in [-0.3, -0.25) is 9.59 Å². The Hall–Kier alpha value is -7.11. The normalized spacial score (nSPS) is 11.8. The Bertz CT molecular complexity index is 3750. The van der Waals surface area contributed by atoms with Crippen molar-refractivity contribution in [2.75, 3.05) is 23.0 Å². The number of aromatic nitrogens is 2. The third-order valence-electron chi connectivity index (χ3n) is 14.6. The molecule has 8 nitrogen and oxygen atoms in total. The number of fused-ring (bicyclic) bond motifs is 1. The molecule has 0 radical (unpaired) electrons. The van der Waals surface area contributed by atoms with Gasteiger partial charge in [-0.25, -0.2) is 0 Å². The first-order chi connectivity index (χ1) is 38.6. The molecule has 12 heteroatoms. The molecule has 0 aliphatic carbocycles. The summed E-state index contributed by atoms with van der Waals surface area (Å²) in [6.07, 6.45) is 3.03. The summed E-state index contributed by atoms with van der Waals surface area (Å²) >= 11 is 4.78. The van der Waals surface area contributed by atoms with Crippen molar-refractivity contribution in [1.29, 1.82) is 0 Å². The molecule has 10 rings (SSSR count). The lowest BCUT2D eigenvalue weighted by atomic mass is 9.83. The van der Waals surface area contributed by atoms with E-state index in [1.54, 1.807) is 22.7 Å². The molecule has 7 aromatic carbocycles. The van der Waals surface area contributed by atoms with Crippen molar-refractivity contribution in [3.63, 3.8) is 0 Å². The molecule has 0 amide bonds. The second-order valence-corrected chi connectivity index (χ2v) is 25.6. The number of rotatable bonds is 22. The number of nitrogens with zero attached hydrogens (tertiary/aromatic N) is 4. The van der Waals surface area contributed by atoms with Gasteiger partial charge in [-0.1, -0.05) is 106 Å². The SMILES string of the molecule is CCC(C)(C)C(=O)CCc1ccc(N(c2ccc(-c3ccc(-c4ccc(-c5ccc(-c6ccc(N(c7ccc(CCC(=O)OCCOC(C)(C)P)cc7)c7cccc(C)c7)cc6)s5)c5nsnc45)s3)cc2)c2cccc(C)c2)cc1. The van der Waals surface area contributed by atoms with Crippen molar-refractivity contribution < 1.29 is 19.1 Å². The number of ether oxygens (including phenoxy) is 2. The summed E-state index contributed by atoms with van der Waals surface area (Å²) in [7, 11) is 2.63. The molecular weight excluding hydrogens is 1060 g/mol. The van der Waals surface area contributed by atoms with Gasteiger partial charge in [-0.05, 0) is 177 Å². The number of carbonyl (C=O) groups excluding carboxylic acids is 2. The Morgan fingerprint density at radius 1 is 0.512 bits per heavy atom. The maximum absolute atomic E-state index is 12.9. The number of hydrogen-bond donors (Lipinski definition) is 0. The number of carbonyl (C=O) groups is 2. The Labute approximate surface area is 485 Å². The van der Waals surface area contributed by atoms with Gasteiger partial charge in [0.25, 0.3) is 0 Å². The first-order valence-corrected chi connectivity index (χ1v) is 30.2. The summed E-state index contributed by atoms with van der Waals surface area (Å²) < 4.78 is 20.8. The van der Waals surface area contributed by atoms with Crippen LogP contribution in [0.5, 0.6) is 0 Å². The average molecular weight is 1130 g/mol. The molecule has 1 unspecified atom stereocenters. The topological polar surface area (TPSA) is 84.9 Å². The van der Waals surface area contributed by atoms with Crippen molar-refractivity contribution >= 4 is 101 Å². The molecular formula is C68H67N4O4PS3. The molecule has 0 saturated carbocycles. The lowest BCUT2D eigenvalue weighted by Crippen LogP contribution is -2.23. The zero-order chi connectivity index (χ0) is 56.0. The zero-order valence-electron chi connectivity index (χ0n) is 46.5. The summed E-state index contributed by atoms with van der Waals surface area (Å²) in [5, 5.41) is -0.348. The average Bonchev–Trinajstić information content (AvgIpc) is 4.28. The van der Waals surface area contributed by atoms with Crippen LogP contribution in [0.3, 0.4) is 0 Å². The fraction of sp³-hybridized carbons (Fsp3) is 0.235. The van der Waals surface area contributed by atoms with Crippen LogP contribution in [0.15, 0.2) is 182 Å². The largest absolute Gasteiger partial charge is 0.463 e. The first-order valence-electron chi connectivity index (χ1n) is 27.3. The molecule has 0 bridgehead atoms. The smallest absolute Gasteiger partial charge is 0.306 e. The number of aryl methyl sites for hydroxylation is 4. The van der Waals surface area contributed by atoms with E-state index in [-0.39, 0.29) is 23.3 Å². The third kappa shape index (κ3) is 13.4. The van der Waals surface area contributed by atoms with Gasteiger partial charge in [0.05, 0.1) is 23.7 Å². The minimum Gasteiger partial charge on any atom is -0.463 e. The van der Waals surface area contributed by atoms with Crippen LogP contribution < -0.4 is 9.80 Å². The Morgan fingerprint density at radius 3 is 1.36 bits per heavy atom. The summed E-state index contributed by atoms with van der Waals surface area (Å²) in [6, 6.07) is 65.1. The molecule has 0 aliphatic heterocycles. The van der Waals surface area contributed by atoms with Gasteiger partial charge >= 0.3 is 5.97 Å². The van der Waals surface area contributed by atoms with E-state index in [1.165, 1.54) is 32.6 Å². The predicted octanol–water partition coefficient (Wildman–Crippen LogP) is 19.1. The summed E-state index contributed by atoms with van der Waals surface area (Å²) in [5.41, 5.74) is 17.0. The highest BCUT2D eigenvalue weighted by atomic mass is 32.1. The second kappa shape index (κ2) is 24.7. The van der Waals surface area contributed by atoms with Gasteiger partial charge in [0.1, 0.15) is 23.4 Å². The molecule has 1 atom stereocenters. The highest BCUT2D eigenvalue weighted by Gasteiger charge is 2.25. The van der Waals surface area contributed by atoms with E-state index < -0.39 is 0 Å². The van der Waals surface area contributed by atoms with Gasteiger partial charge < -0.3 is 19.3 Å². The van der Waals surface area contributed by atoms with Crippen molar-refractivity contribution in [2.24, 2.45) is 5.41 Å². The van der Waals surface area contributed by atoms with E-state index in [4.69, 9.17) is 18.2 Å². The molecule has 0 N–H and O–H groups in total. The third-order valence-corrected chi connectivity index (χ3v) is 17.6. The Balaban J connectivity index is 0.830. The van der Waals surface area contributed by atoms with Crippen LogP contribution in [-0.2, 0) is 31.9 Å². The molecule has 406 valence electrons. The van der Waals surface area contributed by atoms with E-state index in [1.807, 2.05) is 27.7 Å². The van der Waals surface area contributed by atoms with Gasteiger partial charge in [-0.15, -0.1) is 31.9 Å². The number of ketones is 1. The lowest BCUT2D eigenvalue weighted by Gasteiger charge is -2.26. The number of Topliss-reactive ketones (excluding diaryl/α,β-unsaturated/α-hetero) is 1. The highest BCUT2D eigenvalue weighted by molar-refractivity contribution is 7.19. The molecule has 0 aliphatic rings. The van der Waals surface area contributed by atoms with E-state index >= 15 is 0 Å². The van der Waals surface area contributed by atoms with E-state index in [2.05, 4.69) is 222 Å². The Kier molecular flexibility index (Phi) is 17.4. The second-order valence-electron chi connectivity index (χ2n) is 21.6. The number of esters is 1. The number of benzene rings is 7. The molecule has 80 heavy (non-hydrogen) atoms. The molecule has 0 fully saturated rings. The molecule has 3 heterocycles. The summed E-state index contributed by atoms with van der Waals surface area (Å²) in [6.45, 7) is 14.9. The van der Waals surface area contributed by atoms with Crippen LogP contribution in [0, 0.1) is 19.3 Å². The molecule has 10 aromatic rings. The number of hydrogen-bond acceptors (Lipinski definition) is 11. The van der Waals surface area contributed by atoms with Crippen LogP contribution in [0.4, 0.5) is 34.1 Å². The van der Waals surface area contributed by atoms with E-state index in [9.17, 15) is 9.59 Å². The zero-order valence-corrected chi connectivity index (χ0v) is 50.1. The van der Waals surface area contributed by atoms with Gasteiger partial charge in [0, 0.05) is 83.0 Å². The predicted molar refractivity (Wildman–Crippen MR) is 340 cm³/mol. The number of thiophene rings is 2. The number of anilines is 6. The van der Waals surface area contributed by atoms with Crippen LogP contribution in [0.25, 0.3) is 52.8 Å². The van der Waals surface area contributed by atoms with Gasteiger partial charge in [-0.2, -0.15) is 8.75 Å². The quantitative estimate of drug-likeness (QED) is 0.0377. The molecule has 0 saturated heterocycles. The maximum Gasteiger partial charge on any atom is 0.306 e. The van der Waals surface area contributed by atoms with Crippen molar-refractivity contribution in [3.8, 4) is 41.8 Å². The van der Waals surface area contributed by atoms with Crippen molar-refractivity contribution in [3.05, 3.63) is 204 Å². The van der Waals surface area contributed by atoms with Crippen molar-refractivity contribution in [2.45, 2.75) is 85.9 Å². The minimum atomic E-state index is -0.348. The highest BCUT2D eigenvalue weighted by Crippen LogP contribution is 2.44. The fourth-order valence-corrected chi connectivity index (χ4v) is 12.5. The van der Waals surface area contributed by atoms with E-state index in [0.29, 0.717) is 31.7 Å². The van der Waals surface area contributed by atoms with Crippen LogP contribution in [-0.4, -0.2) is 39.1 Å². The minimum absolute atomic E-state index is 0.228. The monoisotopic (exact) mass is 1130 g/mol. The lowest BCUT2D eigenvalue weighted by molar-refractivity contribution is -0.145. The summed E-state index contributed by atoms with van der Waals surface area (Å²) in [5.74, 6) is 0.0870. The van der Waals surface area contributed by atoms with Crippen LogP contribution in [0.2, 0.25) is 0 Å². The standard InChI is InChI=1S/C68H67N4O4PS3/c1-8-67(4,5)63(73)39-19-47-15-25-51(26-16-47)71(55-13-9-11-45(2)43-55)53-29-21-49(22-30-53)59-35-37-61(78-59)57-33-34-58(66-65(57)69-80-70-66)62-38-36-60(79-62)50-23-31-54(32-24-50)72(56-14-10-12-46(3)44-56)52-27-17-48(18-28-52)20-40-64(74)75-41-42-76-68(6,7)77/h9-18,21-38,43-44H,8,19-20,39-42,77H2,1-7H3. The van der Waals surface area contributed by atoms with E-state index in [0.717, 1.165) is 101 Å².